The Labute approximate surface area is 118 Å². The average Bonchev–Trinajstić information content (AvgIpc) is 2.26. The van der Waals surface area contributed by atoms with Gasteiger partial charge in [0.05, 0.1) is 12.5 Å². The number of hydrogen-bond acceptors (Lipinski definition) is 3. The van der Waals surface area contributed by atoms with Crippen molar-refractivity contribution in [3.63, 3.8) is 0 Å². The van der Waals surface area contributed by atoms with E-state index in [1.807, 2.05) is 13.8 Å². The summed E-state index contributed by atoms with van der Waals surface area (Å²) in [4.78, 5) is 22.7. The lowest BCUT2D eigenvalue weighted by Crippen LogP contribution is -2.44. The molecule has 0 atom stereocenters. The second-order valence-corrected chi connectivity index (χ2v) is 5.60. The van der Waals surface area contributed by atoms with Crippen LogP contribution < -0.4 is 10.1 Å². The minimum absolute atomic E-state index is 0.0733. The van der Waals surface area contributed by atoms with Crippen molar-refractivity contribution >= 4 is 11.9 Å². The molecule has 5 nitrogen and oxygen atoms in total. The Morgan fingerprint density at radius 3 is 2.25 bits per heavy atom. The largest absolute Gasteiger partial charge is 0.491 e. The van der Waals surface area contributed by atoms with Gasteiger partial charge in [0.25, 0.3) is 5.91 Å². The molecule has 0 saturated heterocycles. The van der Waals surface area contributed by atoms with Crippen LogP contribution in [0.2, 0.25) is 0 Å². The van der Waals surface area contributed by atoms with Crippen LogP contribution in [0.15, 0.2) is 24.3 Å². The summed E-state index contributed by atoms with van der Waals surface area (Å²) >= 11 is 0. The number of carbonyl (C=O) groups excluding carboxylic acids is 1. The molecule has 0 aromatic heterocycles. The molecule has 1 amide bonds. The van der Waals surface area contributed by atoms with Crippen LogP contribution >= 0.6 is 0 Å². The first-order valence-electron chi connectivity index (χ1n) is 6.50. The maximum Gasteiger partial charge on any atom is 0.305 e. The Bertz CT molecular complexity index is 477. The first-order chi connectivity index (χ1) is 9.19. The lowest BCUT2D eigenvalue weighted by Gasteiger charge is -2.24. The van der Waals surface area contributed by atoms with Crippen molar-refractivity contribution in [1.82, 2.24) is 5.32 Å². The highest BCUT2D eigenvalue weighted by Crippen LogP contribution is 2.15. The quantitative estimate of drug-likeness (QED) is 0.838. The fourth-order valence-corrected chi connectivity index (χ4v) is 1.76. The van der Waals surface area contributed by atoms with Crippen LogP contribution in [0.5, 0.6) is 5.75 Å². The molecule has 0 radical (unpaired) electrons. The molecule has 110 valence electrons. The molecule has 0 aliphatic heterocycles. The summed E-state index contributed by atoms with van der Waals surface area (Å²) in [6.07, 6.45) is -0.0584. The van der Waals surface area contributed by atoms with Gasteiger partial charge in [-0.15, -0.1) is 0 Å². The standard InChI is InChI=1S/C15H21NO4/c1-10(2)20-12-7-5-11(6-8-12)14(19)16-15(3,4)9-13(17)18/h5-8,10H,9H2,1-4H3,(H,16,19)(H,17,18). The summed E-state index contributed by atoms with van der Waals surface area (Å²) in [5, 5.41) is 11.5. The SMILES string of the molecule is CC(C)Oc1ccc(C(=O)NC(C)(C)CC(=O)O)cc1. The van der Waals surface area contributed by atoms with Gasteiger partial charge in [-0.3, -0.25) is 9.59 Å². The molecule has 2 N–H and O–H groups in total. The van der Waals surface area contributed by atoms with Crippen molar-refractivity contribution in [2.45, 2.75) is 45.8 Å². The van der Waals surface area contributed by atoms with E-state index in [9.17, 15) is 9.59 Å². The lowest BCUT2D eigenvalue weighted by atomic mass is 10.00. The van der Waals surface area contributed by atoms with Crippen LogP contribution in [-0.2, 0) is 4.79 Å². The Kier molecular flexibility index (Phi) is 5.13. The van der Waals surface area contributed by atoms with E-state index in [0.29, 0.717) is 11.3 Å². The van der Waals surface area contributed by atoms with Crippen molar-refractivity contribution in [3.8, 4) is 5.75 Å². The predicted octanol–water partition coefficient (Wildman–Crippen LogP) is 2.46. The second-order valence-electron chi connectivity index (χ2n) is 5.60. The monoisotopic (exact) mass is 279 g/mol. The van der Waals surface area contributed by atoms with Gasteiger partial charge in [-0.25, -0.2) is 0 Å². The number of nitrogens with one attached hydrogen (secondary N) is 1. The van der Waals surface area contributed by atoms with Crippen LogP contribution in [0, 0.1) is 0 Å². The number of hydrogen-bond donors (Lipinski definition) is 2. The fourth-order valence-electron chi connectivity index (χ4n) is 1.76. The number of carboxylic acids is 1. The maximum atomic E-state index is 12.0. The highest BCUT2D eigenvalue weighted by atomic mass is 16.5. The summed E-state index contributed by atoms with van der Waals surface area (Å²) in [6.45, 7) is 7.20. The van der Waals surface area contributed by atoms with Crippen LogP contribution in [0.3, 0.4) is 0 Å². The van der Waals surface area contributed by atoms with E-state index in [1.165, 1.54) is 0 Å². The molecule has 0 unspecified atom stereocenters. The van der Waals surface area contributed by atoms with E-state index in [2.05, 4.69) is 5.32 Å². The average molecular weight is 279 g/mol. The van der Waals surface area contributed by atoms with E-state index in [1.54, 1.807) is 38.1 Å². The molecule has 1 rings (SSSR count). The Balaban J connectivity index is 2.70. The molecule has 5 heteroatoms. The van der Waals surface area contributed by atoms with Crippen LogP contribution in [0.1, 0.15) is 44.5 Å². The number of ether oxygens (including phenoxy) is 1. The molecule has 1 aromatic rings. The van der Waals surface area contributed by atoms with Gasteiger partial charge < -0.3 is 15.2 Å². The molecule has 0 fully saturated rings. The van der Waals surface area contributed by atoms with Crippen molar-refractivity contribution in [1.29, 1.82) is 0 Å². The number of aliphatic carboxylic acids is 1. The van der Waals surface area contributed by atoms with Gasteiger partial charge in [0, 0.05) is 11.1 Å². The molecule has 0 bridgehead atoms. The minimum atomic E-state index is -0.948. The molecule has 0 spiro atoms. The van der Waals surface area contributed by atoms with Gasteiger partial charge in [-0.2, -0.15) is 0 Å². The van der Waals surface area contributed by atoms with Crippen LogP contribution in [0.25, 0.3) is 0 Å². The first-order valence-corrected chi connectivity index (χ1v) is 6.50. The number of carbonyl (C=O) groups is 2. The van der Waals surface area contributed by atoms with Crippen molar-refractivity contribution in [2.24, 2.45) is 0 Å². The Hall–Kier alpha value is -2.04. The van der Waals surface area contributed by atoms with Gasteiger partial charge in [0.2, 0.25) is 0 Å². The van der Waals surface area contributed by atoms with E-state index >= 15 is 0 Å². The molecule has 0 aliphatic rings. The topological polar surface area (TPSA) is 75.6 Å². The fraction of sp³-hybridized carbons (Fsp3) is 0.467. The molecular weight excluding hydrogens is 258 g/mol. The second kappa shape index (κ2) is 6.41. The van der Waals surface area contributed by atoms with Gasteiger partial charge in [-0.1, -0.05) is 0 Å². The van der Waals surface area contributed by atoms with E-state index in [0.717, 1.165) is 0 Å². The molecule has 0 aliphatic carbocycles. The molecular formula is C15H21NO4. The zero-order valence-electron chi connectivity index (χ0n) is 12.3. The Morgan fingerprint density at radius 1 is 1.25 bits per heavy atom. The lowest BCUT2D eigenvalue weighted by molar-refractivity contribution is -0.138. The number of rotatable bonds is 6. The predicted molar refractivity (Wildman–Crippen MR) is 76.0 cm³/mol. The minimum Gasteiger partial charge on any atom is -0.491 e. The molecule has 20 heavy (non-hydrogen) atoms. The summed E-state index contributed by atoms with van der Waals surface area (Å²) < 4.78 is 5.49. The summed E-state index contributed by atoms with van der Waals surface area (Å²) in [5.41, 5.74) is -0.324. The first kappa shape index (κ1) is 16.0. The molecule has 0 heterocycles. The van der Waals surface area contributed by atoms with Crippen molar-refractivity contribution in [3.05, 3.63) is 29.8 Å². The van der Waals surface area contributed by atoms with Crippen molar-refractivity contribution < 1.29 is 19.4 Å². The van der Waals surface area contributed by atoms with Crippen LogP contribution in [-0.4, -0.2) is 28.6 Å². The Morgan fingerprint density at radius 2 is 1.80 bits per heavy atom. The maximum absolute atomic E-state index is 12.0. The smallest absolute Gasteiger partial charge is 0.305 e. The van der Waals surface area contributed by atoms with Gasteiger partial charge in [0.15, 0.2) is 0 Å². The zero-order chi connectivity index (χ0) is 15.3. The van der Waals surface area contributed by atoms with Gasteiger partial charge in [-0.05, 0) is 52.0 Å². The van der Waals surface area contributed by atoms with E-state index in [4.69, 9.17) is 9.84 Å². The molecule has 0 saturated carbocycles. The summed E-state index contributed by atoms with van der Waals surface area (Å²) in [6, 6.07) is 6.76. The third-order valence-electron chi connectivity index (χ3n) is 2.53. The van der Waals surface area contributed by atoms with Gasteiger partial charge in [0.1, 0.15) is 5.75 Å². The highest BCUT2D eigenvalue weighted by Gasteiger charge is 2.24. The number of carboxylic acid groups (broad SMARTS) is 1. The van der Waals surface area contributed by atoms with Gasteiger partial charge >= 0.3 is 5.97 Å². The third kappa shape index (κ3) is 5.30. The molecule has 1 aromatic carbocycles. The zero-order valence-corrected chi connectivity index (χ0v) is 12.3. The van der Waals surface area contributed by atoms with Crippen LogP contribution in [0.4, 0.5) is 0 Å². The number of amides is 1. The van der Waals surface area contributed by atoms with E-state index < -0.39 is 11.5 Å². The van der Waals surface area contributed by atoms with E-state index in [-0.39, 0.29) is 18.4 Å². The number of benzene rings is 1. The summed E-state index contributed by atoms with van der Waals surface area (Å²) in [5.74, 6) is -0.551. The highest BCUT2D eigenvalue weighted by molar-refractivity contribution is 5.95. The normalized spacial score (nSPS) is 11.2. The third-order valence-corrected chi connectivity index (χ3v) is 2.53. The van der Waals surface area contributed by atoms with Crippen molar-refractivity contribution in [2.75, 3.05) is 0 Å². The summed E-state index contributed by atoms with van der Waals surface area (Å²) in [7, 11) is 0.